The Kier molecular flexibility index (Phi) is 7.61. The van der Waals surface area contributed by atoms with Gasteiger partial charge < -0.3 is 10.1 Å². The van der Waals surface area contributed by atoms with E-state index in [0.29, 0.717) is 23.2 Å². The van der Waals surface area contributed by atoms with Gasteiger partial charge in [-0.2, -0.15) is 0 Å². The average Bonchev–Trinajstić information content (AvgIpc) is 3.15. The highest BCUT2D eigenvalue weighted by atomic mass is 32.2. The first-order valence-corrected chi connectivity index (χ1v) is 10.8. The number of nitro groups is 1. The average molecular weight is 454 g/mol. The first kappa shape index (κ1) is 23.0. The van der Waals surface area contributed by atoms with E-state index in [0.717, 1.165) is 16.9 Å². The molecule has 0 fully saturated rings. The van der Waals surface area contributed by atoms with Crippen molar-refractivity contribution in [1.29, 1.82) is 0 Å². The summed E-state index contributed by atoms with van der Waals surface area (Å²) in [6.45, 7) is 8.52. The summed E-state index contributed by atoms with van der Waals surface area (Å²) in [6.07, 6.45) is 1.73. The number of ether oxygens (including phenoxy) is 1. The number of thioether (sulfide) groups is 1. The molecule has 2 aromatic carbocycles. The third-order valence-corrected chi connectivity index (χ3v) is 5.68. The topological polar surface area (TPSA) is 112 Å². The molecule has 166 valence electrons. The number of nitro benzene ring substituents is 1. The third kappa shape index (κ3) is 5.73. The number of anilines is 1. The number of allylic oxidation sites excluding steroid dienone is 1. The number of rotatable bonds is 10. The van der Waals surface area contributed by atoms with Crippen LogP contribution in [-0.2, 0) is 17.9 Å². The van der Waals surface area contributed by atoms with Gasteiger partial charge in [-0.1, -0.05) is 30.0 Å². The molecule has 9 nitrogen and oxygen atoms in total. The van der Waals surface area contributed by atoms with Crippen LogP contribution in [0.15, 0.2) is 60.3 Å². The molecule has 0 aliphatic heterocycles. The molecule has 0 saturated carbocycles. The number of nitrogens with zero attached hydrogens (tertiary/aromatic N) is 4. The third-order valence-electron chi connectivity index (χ3n) is 4.71. The van der Waals surface area contributed by atoms with Crippen molar-refractivity contribution in [2.75, 3.05) is 11.1 Å². The lowest BCUT2D eigenvalue weighted by molar-refractivity contribution is -0.384. The summed E-state index contributed by atoms with van der Waals surface area (Å²) in [5.74, 6) is 1.26. The minimum Gasteiger partial charge on any atom is -0.485 e. The fourth-order valence-corrected chi connectivity index (χ4v) is 3.63. The van der Waals surface area contributed by atoms with Gasteiger partial charge in [0.2, 0.25) is 5.91 Å². The highest BCUT2D eigenvalue weighted by molar-refractivity contribution is 7.99. The van der Waals surface area contributed by atoms with Gasteiger partial charge >= 0.3 is 0 Å². The van der Waals surface area contributed by atoms with E-state index < -0.39 is 4.92 Å². The van der Waals surface area contributed by atoms with Crippen LogP contribution in [0.2, 0.25) is 0 Å². The standard InChI is InChI=1S/C22H23N5O4S/c1-4-12-26-20(13-31-19-7-5-6-15(2)16(19)3)24-25-22(26)32-14-21(28)23-17-8-10-18(11-9-17)27(29)30/h4-11H,1,12-14H2,2-3H3,(H,23,28). The molecule has 1 heterocycles. The molecule has 0 atom stereocenters. The van der Waals surface area contributed by atoms with Crippen LogP contribution in [0.4, 0.5) is 11.4 Å². The van der Waals surface area contributed by atoms with Gasteiger partial charge in [0.1, 0.15) is 12.4 Å². The van der Waals surface area contributed by atoms with E-state index in [2.05, 4.69) is 22.1 Å². The summed E-state index contributed by atoms with van der Waals surface area (Å²) in [7, 11) is 0. The van der Waals surface area contributed by atoms with Crippen LogP contribution < -0.4 is 10.1 Å². The second kappa shape index (κ2) is 10.6. The summed E-state index contributed by atoms with van der Waals surface area (Å²) in [4.78, 5) is 22.5. The van der Waals surface area contributed by atoms with E-state index in [1.165, 1.54) is 36.0 Å². The van der Waals surface area contributed by atoms with Gasteiger partial charge in [-0.05, 0) is 43.2 Å². The predicted molar refractivity (Wildman–Crippen MR) is 123 cm³/mol. The Hall–Kier alpha value is -3.66. The summed E-state index contributed by atoms with van der Waals surface area (Å²) in [6, 6.07) is 11.5. The smallest absolute Gasteiger partial charge is 0.269 e. The normalized spacial score (nSPS) is 10.6. The maximum absolute atomic E-state index is 12.3. The van der Waals surface area contributed by atoms with Gasteiger partial charge in [-0.15, -0.1) is 16.8 Å². The van der Waals surface area contributed by atoms with Gasteiger partial charge in [0.05, 0.1) is 10.7 Å². The molecule has 32 heavy (non-hydrogen) atoms. The monoisotopic (exact) mass is 453 g/mol. The minimum absolute atomic E-state index is 0.0366. The molecule has 10 heteroatoms. The van der Waals surface area contributed by atoms with Crippen molar-refractivity contribution in [2.45, 2.75) is 32.2 Å². The number of carbonyl (C=O) groups excluding carboxylic acids is 1. The SMILES string of the molecule is C=CCn1c(COc2cccc(C)c2C)nnc1SCC(=O)Nc1ccc([N+](=O)[O-])cc1. The van der Waals surface area contributed by atoms with Crippen molar-refractivity contribution in [2.24, 2.45) is 0 Å². The number of amides is 1. The van der Waals surface area contributed by atoms with Gasteiger partial charge in [0.25, 0.3) is 5.69 Å². The summed E-state index contributed by atoms with van der Waals surface area (Å²) < 4.78 is 7.79. The van der Waals surface area contributed by atoms with E-state index >= 15 is 0 Å². The van der Waals surface area contributed by atoms with E-state index in [4.69, 9.17) is 4.74 Å². The van der Waals surface area contributed by atoms with E-state index in [1.807, 2.05) is 36.6 Å². The zero-order chi connectivity index (χ0) is 23.1. The number of aromatic nitrogens is 3. The highest BCUT2D eigenvalue weighted by Gasteiger charge is 2.15. The van der Waals surface area contributed by atoms with Crippen LogP contribution >= 0.6 is 11.8 Å². The Morgan fingerprint density at radius 3 is 2.69 bits per heavy atom. The number of nitrogens with one attached hydrogen (secondary N) is 1. The lowest BCUT2D eigenvalue weighted by atomic mass is 10.1. The summed E-state index contributed by atoms with van der Waals surface area (Å²) in [5.41, 5.74) is 2.66. The van der Waals surface area contributed by atoms with Crippen LogP contribution in [0.3, 0.4) is 0 Å². The van der Waals surface area contributed by atoms with Crippen LogP contribution in [0.1, 0.15) is 17.0 Å². The molecule has 1 aromatic heterocycles. The molecule has 1 amide bonds. The van der Waals surface area contributed by atoms with Gasteiger partial charge in [-0.25, -0.2) is 0 Å². The minimum atomic E-state index is -0.491. The largest absolute Gasteiger partial charge is 0.485 e. The van der Waals surface area contributed by atoms with Crippen molar-refractivity contribution in [3.63, 3.8) is 0 Å². The van der Waals surface area contributed by atoms with Gasteiger partial charge in [-0.3, -0.25) is 19.5 Å². The number of hydrogen-bond acceptors (Lipinski definition) is 7. The fraction of sp³-hybridized carbons (Fsp3) is 0.227. The number of hydrogen-bond donors (Lipinski definition) is 1. The lowest BCUT2D eigenvalue weighted by Crippen LogP contribution is -2.15. The molecule has 0 unspecified atom stereocenters. The Morgan fingerprint density at radius 1 is 1.25 bits per heavy atom. The van der Waals surface area contributed by atoms with Gasteiger partial charge in [0, 0.05) is 24.4 Å². The molecule has 0 spiro atoms. The number of benzene rings is 2. The van der Waals surface area contributed by atoms with Crippen molar-refractivity contribution in [1.82, 2.24) is 14.8 Å². The molecule has 0 radical (unpaired) electrons. The Labute approximate surface area is 189 Å². The Morgan fingerprint density at radius 2 is 2.00 bits per heavy atom. The molecule has 0 bridgehead atoms. The zero-order valence-corrected chi connectivity index (χ0v) is 18.6. The van der Waals surface area contributed by atoms with Gasteiger partial charge in [0.15, 0.2) is 11.0 Å². The second-order valence-electron chi connectivity index (χ2n) is 6.93. The van der Waals surface area contributed by atoms with Crippen LogP contribution in [-0.4, -0.2) is 31.3 Å². The zero-order valence-electron chi connectivity index (χ0n) is 17.8. The van der Waals surface area contributed by atoms with Crippen molar-refractivity contribution in [3.05, 3.63) is 82.2 Å². The molecule has 3 rings (SSSR count). The van der Waals surface area contributed by atoms with Crippen molar-refractivity contribution in [3.8, 4) is 5.75 Å². The first-order chi connectivity index (χ1) is 15.4. The quantitative estimate of drug-likeness (QED) is 0.211. The van der Waals surface area contributed by atoms with Crippen LogP contribution in [0.5, 0.6) is 5.75 Å². The number of carbonyl (C=O) groups is 1. The number of non-ortho nitro benzene ring substituents is 1. The molecule has 3 aromatic rings. The van der Waals surface area contributed by atoms with Crippen LogP contribution in [0.25, 0.3) is 0 Å². The molecular formula is C22H23N5O4S. The van der Waals surface area contributed by atoms with Crippen molar-refractivity contribution < 1.29 is 14.5 Å². The summed E-state index contributed by atoms with van der Waals surface area (Å²) >= 11 is 1.24. The molecule has 0 aliphatic carbocycles. The lowest BCUT2D eigenvalue weighted by Gasteiger charge is -2.12. The maximum Gasteiger partial charge on any atom is 0.269 e. The molecule has 0 aliphatic rings. The Bertz CT molecular complexity index is 1130. The number of aryl methyl sites for hydroxylation is 1. The second-order valence-corrected chi connectivity index (χ2v) is 7.87. The van der Waals surface area contributed by atoms with E-state index in [-0.39, 0.29) is 24.0 Å². The molecule has 0 saturated heterocycles. The van der Waals surface area contributed by atoms with E-state index in [9.17, 15) is 14.9 Å². The van der Waals surface area contributed by atoms with E-state index in [1.54, 1.807) is 6.08 Å². The summed E-state index contributed by atoms with van der Waals surface area (Å²) in [5, 5.41) is 22.4. The predicted octanol–water partition coefficient (Wildman–Crippen LogP) is 4.30. The first-order valence-electron chi connectivity index (χ1n) is 9.78. The highest BCUT2D eigenvalue weighted by Crippen LogP contribution is 2.23. The Balaban J connectivity index is 1.61. The molecular weight excluding hydrogens is 430 g/mol. The van der Waals surface area contributed by atoms with Crippen LogP contribution in [0, 0.1) is 24.0 Å². The maximum atomic E-state index is 12.3. The molecule has 1 N–H and O–H groups in total. The fourth-order valence-electron chi connectivity index (χ4n) is 2.86. The van der Waals surface area contributed by atoms with Crippen molar-refractivity contribution >= 4 is 29.0 Å².